The first kappa shape index (κ1) is 31.7. The Morgan fingerprint density at radius 3 is 1.94 bits per heavy atom. The minimum Gasteiger partial charge on any atom is -0.412 e. The minimum atomic E-state index is -1.55. The van der Waals surface area contributed by atoms with Crippen molar-refractivity contribution in [1.82, 2.24) is 10.2 Å². The van der Waals surface area contributed by atoms with Crippen LogP contribution in [0, 0.1) is 0 Å². The van der Waals surface area contributed by atoms with E-state index in [1.54, 1.807) is 13.8 Å². The first-order valence-corrected chi connectivity index (χ1v) is 15.9. The normalized spacial score (nSPS) is 34.3. The first-order valence-electron chi connectivity index (χ1n) is 15.9. The van der Waals surface area contributed by atoms with Gasteiger partial charge in [-0.1, -0.05) is 91.0 Å². The minimum absolute atomic E-state index is 0.122. The smallest absolute Gasteiger partial charge is 0.412 e. The summed E-state index contributed by atoms with van der Waals surface area (Å²) in [5.41, 5.74) is 0.000412. The number of benzene rings is 3. The maximum atomic E-state index is 14.2. The number of cyclic esters (lactones) is 1. The Labute approximate surface area is 274 Å². The Hall–Kier alpha value is -3.84. The number of rotatable bonds is 11. The highest BCUT2D eigenvalue weighted by Gasteiger charge is 2.79. The molecular weight excluding hydrogens is 604 g/mol. The summed E-state index contributed by atoms with van der Waals surface area (Å²) >= 11 is 0. The van der Waals surface area contributed by atoms with Gasteiger partial charge in [-0.05, 0) is 23.6 Å². The molecule has 2 amide bonds. The third-order valence-corrected chi connectivity index (χ3v) is 9.91. The Kier molecular flexibility index (Phi) is 8.54. The maximum Gasteiger partial charge on any atom is 0.416 e. The second-order valence-electron chi connectivity index (χ2n) is 12.7. The average Bonchev–Trinajstić information content (AvgIpc) is 3.65. The Balaban J connectivity index is 1.24. The predicted octanol–water partition coefficient (Wildman–Crippen LogP) is 3.94. The molecular formula is C36H40N2O9. The van der Waals surface area contributed by atoms with E-state index in [-0.39, 0.29) is 26.4 Å². The highest BCUT2D eigenvalue weighted by molar-refractivity contribution is 5.95. The van der Waals surface area contributed by atoms with E-state index in [1.165, 1.54) is 12.0 Å². The van der Waals surface area contributed by atoms with Gasteiger partial charge < -0.3 is 38.5 Å². The van der Waals surface area contributed by atoms with Crippen molar-refractivity contribution < 1.29 is 42.7 Å². The van der Waals surface area contributed by atoms with Crippen LogP contribution < -0.4 is 5.32 Å². The number of hydrogen-bond acceptors (Lipinski definition) is 9. The lowest BCUT2D eigenvalue weighted by molar-refractivity contribution is -0.260. The molecule has 7 rings (SSSR count). The fourth-order valence-corrected chi connectivity index (χ4v) is 7.19. The van der Waals surface area contributed by atoms with Crippen LogP contribution in [-0.4, -0.2) is 84.7 Å². The highest BCUT2D eigenvalue weighted by atomic mass is 16.8. The van der Waals surface area contributed by atoms with Gasteiger partial charge in [0.15, 0.2) is 5.54 Å². The second kappa shape index (κ2) is 12.6. The number of nitrogens with one attached hydrogen (secondary N) is 1. The predicted molar refractivity (Wildman–Crippen MR) is 168 cm³/mol. The molecule has 3 aromatic carbocycles. The quantitative estimate of drug-likeness (QED) is 0.332. The number of nitrogens with zero attached hydrogens (tertiary/aromatic N) is 1. The van der Waals surface area contributed by atoms with E-state index in [1.807, 2.05) is 91.0 Å². The summed E-state index contributed by atoms with van der Waals surface area (Å²) < 4.78 is 44.0. The number of hydrogen-bond donors (Lipinski definition) is 1. The van der Waals surface area contributed by atoms with E-state index in [0.29, 0.717) is 6.61 Å². The zero-order valence-electron chi connectivity index (χ0n) is 26.7. The topological polar surface area (TPSA) is 114 Å². The molecule has 11 heteroatoms. The molecule has 4 heterocycles. The standard InChI is InChI=1S/C36H40N2O9/c1-34-35(2,41-3)47-33(40)38(34)36(23-45-34)31-28(37-32(36)39)30(44-21-26-17-11-6-12-18-26)29(43-20-25-15-9-5-10-16-25)27(46-31)22-42-19-24-13-7-4-8-14-24/h4-18,27-31H,19-23H2,1-3H3,(H,37,39)/t27-,28-,29+,30-,31+,34+,35-,36-/m1/s1. The van der Waals surface area contributed by atoms with Crippen LogP contribution in [0.25, 0.3) is 0 Å². The molecule has 47 heavy (non-hydrogen) atoms. The zero-order valence-corrected chi connectivity index (χ0v) is 26.7. The molecule has 4 aliphatic heterocycles. The zero-order chi connectivity index (χ0) is 32.6. The van der Waals surface area contributed by atoms with Gasteiger partial charge >= 0.3 is 6.09 Å². The molecule has 4 aliphatic rings. The third-order valence-electron chi connectivity index (χ3n) is 9.91. The van der Waals surface area contributed by atoms with Crippen LogP contribution in [0.2, 0.25) is 0 Å². The van der Waals surface area contributed by atoms with Crippen LogP contribution in [0.4, 0.5) is 4.79 Å². The molecule has 248 valence electrons. The van der Waals surface area contributed by atoms with E-state index in [0.717, 1.165) is 16.7 Å². The second-order valence-corrected chi connectivity index (χ2v) is 12.7. The molecule has 3 aromatic rings. The lowest BCUT2D eigenvalue weighted by Crippen LogP contribution is -2.69. The van der Waals surface area contributed by atoms with Crippen molar-refractivity contribution in [2.75, 3.05) is 20.3 Å². The molecule has 1 spiro atoms. The lowest BCUT2D eigenvalue weighted by atomic mass is 9.83. The molecule has 4 saturated heterocycles. The summed E-state index contributed by atoms with van der Waals surface area (Å²) in [5.74, 6) is -1.88. The van der Waals surface area contributed by atoms with Gasteiger partial charge in [0.25, 0.3) is 11.7 Å². The van der Waals surface area contributed by atoms with Gasteiger partial charge in [0.1, 0.15) is 24.4 Å². The van der Waals surface area contributed by atoms with E-state index in [2.05, 4.69) is 5.32 Å². The summed E-state index contributed by atoms with van der Waals surface area (Å²) in [6, 6.07) is 28.8. The van der Waals surface area contributed by atoms with Crippen molar-refractivity contribution in [3.63, 3.8) is 0 Å². The van der Waals surface area contributed by atoms with E-state index < -0.39 is 59.5 Å². The van der Waals surface area contributed by atoms with Crippen molar-refractivity contribution in [2.45, 2.75) is 81.2 Å². The fraction of sp³-hybridized carbons (Fsp3) is 0.444. The largest absolute Gasteiger partial charge is 0.416 e. The maximum absolute atomic E-state index is 14.2. The van der Waals surface area contributed by atoms with Gasteiger partial charge in [0.05, 0.1) is 39.1 Å². The van der Waals surface area contributed by atoms with E-state index >= 15 is 0 Å². The molecule has 0 aliphatic carbocycles. The van der Waals surface area contributed by atoms with Gasteiger partial charge in [-0.3, -0.25) is 9.69 Å². The molecule has 0 bridgehead atoms. The number of carbonyl (C=O) groups excluding carboxylic acids is 2. The van der Waals surface area contributed by atoms with Crippen molar-refractivity contribution in [3.8, 4) is 0 Å². The lowest BCUT2D eigenvalue weighted by Gasteiger charge is -2.47. The van der Waals surface area contributed by atoms with Crippen LogP contribution in [0.1, 0.15) is 30.5 Å². The van der Waals surface area contributed by atoms with E-state index in [9.17, 15) is 9.59 Å². The van der Waals surface area contributed by atoms with Gasteiger partial charge in [-0.25, -0.2) is 4.79 Å². The van der Waals surface area contributed by atoms with Crippen LogP contribution in [0.5, 0.6) is 0 Å². The van der Waals surface area contributed by atoms with Gasteiger partial charge in [0, 0.05) is 14.0 Å². The van der Waals surface area contributed by atoms with Gasteiger partial charge in [-0.2, -0.15) is 0 Å². The molecule has 0 saturated carbocycles. The Bertz CT molecular complexity index is 1560. The van der Waals surface area contributed by atoms with Crippen LogP contribution in [0.3, 0.4) is 0 Å². The molecule has 0 aromatic heterocycles. The van der Waals surface area contributed by atoms with Crippen molar-refractivity contribution in [1.29, 1.82) is 0 Å². The molecule has 0 unspecified atom stereocenters. The fourth-order valence-electron chi connectivity index (χ4n) is 7.19. The monoisotopic (exact) mass is 644 g/mol. The highest BCUT2D eigenvalue weighted by Crippen LogP contribution is 2.54. The molecule has 11 nitrogen and oxygen atoms in total. The average molecular weight is 645 g/mol. The van der Waals surface area contributed by atoms with Crippen molar-refractivity contribution in [3.05, 3.63) is 108 Å². The molecule has 0 radical (unpaired) electrons. The SMILES string of the molecule is CO[C@]1(C)OC(=O)N2[C@@]3(CO[C@]21C)C(=O)N[C@@H]1[C@@H](OCc2ccccc2)[C@@H](OCc2ccccc2)[C@@H](COCc2ccccc2)O[C@@H]13. The molecule has 4 fully saturated rings. The number of amides is 2. The Morgan fingerprint density at radius 2 is 1.36 bits per heavy atom. The summed E-state index contributed by atoms with van der Waals surface area (Å²) in [5, 5.41) is 3.12. The van der Waals surface area contributed by atoms with E-state index in [4.69, 9.17) is 33.2 Å². The summed E-state index contributed by atoms with van der Waals surface area (Å²) in [6.45, 7) is 4.24. The van der Waals surface area contributed by atoms with Crippen LogP contribution >= 0.6 is 0 Å². The molecule has 1 N–H and O–H groups in total. The van der Waals surface area contributed by atoms with Crippen LogP contribution in [-0.2, 0) is 57.8 Å². The number of methoxy groups -OCH3 is 1. The van der Waals surface area contributed by atoms with Gasteiger partial charge in [0.2, 0.25) is 5.72 Å². The van der Waals surface area contributed by atoms with Gasteiger partial charge in [-0.15, -0.1) is 0 Å². The summed E-state index contributed by atoms with van der Waals surface area (Å²) in [7, 11) is 1.44. The third kappa shape index (κ3) is 5.41. The summed E-state index contributed by atoms with van der Waals surface area (Å²) in [6.07, 6.45) is -3.60. The first-order chi connectivity index (χ1) is 22.8. The van der Waals surface area contributed by atoms with Crippen molar-refractivity contribution in [2.24, 2.45) is 0 Å². The molecule has 8 atom stereocenters. The Morgan fingerprint density at radius 1 is 0.809 bits per heavy atom. The number of carbonyl (C=O) groups is 2. The number of ether oxygens (including phenoxy) is 7. The van der Waals surface area contributed by atoms with Crippen molar-refractivity contribution >= 4 is 12.0 Å². The summed E-state index contributed by atoms with van der Waals surface area (Å²) in [4.78, 5) is 29.1. The van der Waals surface area contributed by atoms with Crippen LogP contribution in [0.15, 0.2) is 91.0 Å². The number of fused-ring (bicyclic) bond motifs is 4.